The molecule has 0 spiro atoms. The molecule has 0 aliphatic heterocycles. The van der Waals surface area contributed by atoms with Crippen LogP contribution in [-0.2, 0) is 12.7 Å². The second kappa shape index (κ2) is 5.57. The lowest BCUT2D eigenvalue weighted by molar-refractivity contribution is -0.141. The smallest absolute Gasteiger partial charge is 0.365 e. The zero-order valence-electron chi connectivity index (χ0n) is 10.1. The summed E-state index contributed by atoms with van der Waals surface area (Å²) in [6, 6.07) is 10.9. The van der Waals surface area contributed by atoms with Gasteiger partial charge in [-0.25, -0.2) is 0 Å². The molecule has 0 aliphatic carbocycles. The van der Waals surface area contributed by atoms with Gasteiger partial charge >= 0.3 is 6.18 Å². The van der Waals surface area contributed by atoms with Crippen LogP contribution in [0.2, 0.25) is 0 Å². The Morgan fingerprint density at radius 1 is 1.05 bits per heavy atom. The quantitative estimate of drug-likeness (QED) is 0.937. The van der Waals surface area contributed by atoms with Gasteiger partial charge in [-0.2, -0.15) is 18.4 Å². The molecule has 0 fully saturated rings. The molecule has 0 unspecified atom stereocenters. The van der Waals surface area contributed by atoms with Gasteiger partial charge in [-0.3, -0.25) is 0 Å². The Kier molecular flexibility index (Phi) is 3.84. The van der Waals surface area contributed by atoms with Crippen molar-refractivity contribution in [3.63, 3.8) is 0 Å². The number of nitriles is 1. The predicted octanol–water partition coefficient (Wildman–Crippen LogP) is 2.98. The van der Waals surface area contributed by atoms with E-state index in [4.69, 9.17) is 5.26 Å². The van der Waals surface area contributed by atoms with Gasteiger partial charge in [-0.05, 0) is 29.8 Å². The highest BCUT2D eigenvalue weighted by Crippen LogP contribution is 2.27. The van der Waals surface area contributed by atoms with Crippen molar-refractivity contribution in [1.29, 1.82) is 5.26 Å². The molecule has 2 rings (SSSR count). The number of aromatic nitrogens is 2. The summed E-state index contributed by atoms with van der Waals surface area (Å²) >= 11 is 0. The highest BCUT2D eigenvalue weighted by Gasteiger charge is 2.32. The van der Waals surface area contributed by atoms with Gasteiger partial charge in [0.2, 0.25) is 0 Å². The molecule has 0 radical (unpaired) electrons. The molecule has 0 saturated carbocycles. The minimum atomic E-state index is -4.49. The third kappa shape index (κ3) is 3.45. The van der Waals surface area contributed by atoms with Gasteiger partial charge in [0.05, 0.1) is 11.6 Å². The van der Waals surface area contributed by atoms with Crippen molar-refractivity contribution in [2.24, 2.45) is 0 Å². The normalized spacial score (nSPS) is 10.9. The molecule has 4 nitrogen and oxygen atoms in total. The van der Waals surface area contributed by atoms with Crippen molar-refractivity contribution in [1.82, 2.24) is 10.2 Å². The van der Waals surface area contributed by atoms with Crippen LogP contribution in [0.3, 0.4) is 0 Å². The van der Waals surface area contributed by atoms with Crippen LogP contribution in [-0.4, -0.2) is 10.2 Å². The number of nitrogens with zero attached hydrogens (tertiary/aromatic N) is 3. The van der Waals surface area contributed by atoms with Crippen molar-refractivity contribution in [3.05, 3.63) is 53.2 Å². The number of anilines is 1. The second-order valence-corrected chi connectivity index (χ2v) is 3.96. The van der Waals surface area contributed by atoms with E-state index in [0.29, 0.717) is 12.1 Å². The van der Waals surface area contributed by atoms with E-state index in [9.17, 15) is 13.2 Å². The number of hydrogen-bond donors (Lipinski definition) is 1. The average molecular weight is 278 g/mol. The molecule has 0 saturated heterocycles. The maximum Gasteiger partial charge on any atom is 0.435 e. The minimum absolute atomic E-state index is 0.252. The molecule has 7 heteroatoms. The SMILES string of the molecule is N#Cc1ccc(CNc2ccc(C(F)(F)F)nn2)cc1. The van der Waals surface area contributed by atoms with E-state index in [2.05, 4.69) is 15.5 Å². The maximum atomic E-state index is 12.3. The summed E-state index contributed by atoms with van der Waals surface area (Å²) in [5, 5.41) is 18.1. The molecule has 2 aromatic rings. The minimum Gasteiger partial charge on any atom is -0.365 e. The Hall–Kier alpha value is -2.62. The van der Waals surface area contributed by atoms with E-state index < -0.39 is 11.9 Å². The molecular formula is C13H9F3N4. The Morgan fingerprint density at radius 3 is 2.25 bits per heavy atom. The summed E-state index contributed by atoms with van der Waals surface area (Å²) in [6.07, 6.45) is -4.49. The fourth-order valence-electron chi connectivity index (χ4n) is 1.47. The Balaban J connectivity index is 1.98. The van der Waals surface area contributed by atoms with Gasteiger partial charge in [0.1, 0.15) is 5.82 Å². The number of alkyl halides is 3. The molecular weight excluding hydrogens is 269 g/mol. The average Bonchev–Trinajstić information content (AvgIpc) is 2.45. The van der Waals surface area contributed by atoms with Crippen LogP contribution in [0.5, 0.6) is 0 Å². The molecule has 0 aliphatic rings. The van der Waals surface area contributed by atoms with E-state index >= 15 is 0 Å². The van der Waals surface area contributed by atoms with E-state index in [1.165, 1.54) is 6.07 Å². The summed E-state index contributed by atoms with van der Waals surface area (Å²) in [5.41, 5.74) is 0.398. The summed E-state index contributed by atoms with van der Waals surface area (Å²) in [6.45, 7) is 0.381. The van der Waals surface area contributed by atoms with Gasteiger partial charge in [-0.15, -0.1) is 10.2 Å². The van der Waals surface area contributed by atoms with E-state index in [0.717, 1.165) is 11.6 Å². The summed E-state index contributed by atoms with van der Waals surface area (Å²) in [4.78, 5) is 0. The third-order valence-corrected chi connectivity index (χ3v) is 2.51. The first-order chi connectivity index (χ1) is 9.49. The molecule has 0 amide bonds. The van der Waals surface area contributed by atoms with Gasteiger partial charge in [-0.1, -0.05) is 12.1 Å². The van der Waals surface area contributed by atoms with Crippen molar-refractivity contribution >= 4 is 5.82 Å². The van der Waals surface area contributed by atoms with Crippen LogP contribution >= 0.6 is 0 Å². The van der Waals surface area contributed by atoms with E-state index in [-0.39, 0.29) is 5.82 Å². The zero-order chi connectivity index (χ0) is 14.6. The number of halogens is 3. The molecule has 1 heterocycles. The monoisotopic (exact) mass is 278 g/mol. The molecule has 1 N–H and O–H groups in total. The lowest BCUT2D eigenvalue weighted by Gasteiger charge is -2.07. The van der Waals surface area contributed by atoms with Gasteiger partial charge < -0.3 is 5.32 Å². The van der Waals surface area contributed by atoms with E-state index in [1.54, 1.807) is 24.3 Å². The van der Waals surface area contributed by atoms with Crippen molar-refractivity contribution in [2.75, 3.05) is 5.32 Å². The van der Waals surface area contributed by atoms with Crippen LogP contribution in [0, 0.1) is 11.3 Å². The number of rotatable bonds is 3. The van der Waals surface area contributed by atoms with Gasteiger partial charge in [0, 0.05) is 6.54 Å². The maximum absolute atomic E-state index is 12.3. The standard InChI is InChI=1S/C13H9F3N4/c14-13(15,16)11-5-6-12(20-19-11)18-8-10-3-1-9(7-17)2-4-10/h1-6H,8H2,(H,18,20). The lowest BCUT2D eigenvalue weighted by Crippen LogP contribution is -2.10. The summed E-state index contributed by atoms with van der Waals surface area (Å²) in [5.74, 6) is 0.252. The third-order valence-electron chi connectivity index (χ3n) is 2.51. The van der Waals surface area contributed by atoms with E-state index in [1.807, 2.05) is 6.07 Å². The number of benzene rings is 1. The van der Waals surface area contributed by atoms with Gasteiger partial charge in [0.15, 0.2) is 5.69 Å². The molecule has 1 aromatic carbocycles. The Morgan fingerprint density at radius 2 is 1.75 bits per heavy atom. The van der Waals surface area contributed by atoms with Crippen molar-refractivity contribution in [2.45, 2.75) is 12.7 Å². The first-order valence-electron chi connectivity index (χ1n) is 5.63. The highest BCUT2D eigenvalue weighted by atomic mass is 19.4. The molecule has 102 valence electrons. The number of nitrogens with one attached hydrogen (secondary N) is 1. The summed E-state index contributed by atoms with van der Waals surface area (Å²) in [7, 11) is 0. The topological polar surface area (TPSA) is 61.6 Å². The van der Waals surface area contributed by atoms with Crippen LogP contribution in [0.15, 0.2) is 36.4 Å². The van der Waals surface area contributed by atoms with Gasteiger partial charge in [0.25, 0.3) is 0 Å². The lowest BCUT2D eigenvalue weighted by atomic mass is 10.1. The first kappa shape index (κ1) is 13.8. The molecule has 0 bridgehead atoms. The Labute approximate surface area is 112 Å². The zero-order valence-corrected chi connectivity index (χ0v) is 10.1. The summed E-state index contributed by atoms with van der Waals surface area (Å²) < 4.78 is 36.9. The molecule has 20 heavy (non-hydrogen) atoms. The number of hydrogen-bond acceptors (Lipinski definition) is 4. The van der Waals surface area contributed by atoms with Crippen molar-refractivity contribution in [3.8, 4) is 6.07 Å². The predicted molar refractivity (Wildman–Crippen MR) is 65.5 cm³/mol. The van der Waals surface area contributed by atoms with Crippen molar-refractivity contribution < 1.29 is 13.2 Å². The molecule has 1 aromatic heterocycles. The van der Waals surface area contributed by atoms with Crippen LogP contribution in [0.1, 0.15) is 16.8 Å². The fraction of sp³-hybridized carbons (Fsp3) is 0.154. The second-order valence-electron chi connectivity index (χ2n) is 3.96. The van der Waals surface area contributed by atoms with Crippen LogP contribution in [0.4, 0.5) is 19.0 Å². The first-order valence-corrected chi connectivity index (χ1v) is 5.63. The largest absolute Gasteiger partial charge is 0.435 e. The van der Waals surface area contributed by atoms with Crippen LogP contribution < -0.4 is 5.32 Å². The Bertz CT molecular complexity index is 612. The van der Waals surface area contributed by atoms with Crippen LogP contribution in [0.25, 0.3) is 0 Å². The fourth-order valence-corrected chi connectivity index (χ4v) is 1.47. The highest BCUT2D eigenvalue weighted by molar-refractivity contribution is 5.37. The molecule has 0 atom stereocenters.